The van der Waals surface area contributed by atoms with Gasteiger partial charge >= 0.3 is 0 Å². The zero-order valence-corrected chi connectivity index (χ0v) is 11.1. The zero-order chi connectivity index (χ0) is 12.8. The fourth-order valence-electron chi connectivity index (χ4n) is 2.35. The number of nitrogens with one attached hydrogen (secondary N) is 1. The maximum Gasteiger partial charge on any atom is 0.121 e. The summed E-state index contributed by atoms with van der Waals surface area (Å²) in [6, 6.07) is 5.71. The molecule has 18 heavy (non-hydrogen) atoms. The number of nitrogen functional groups attached to an aromatic ring is 1. The molecule has 1 aromatic carbocycles. The van der Waals surface area contributed by atoms with Crippen LogP contribution in [0.25, 0.3) is 0 Å². The highest BCUT2D eigenvalue weighted by molar-refractivity contribution is 5.68. The van der Waals surface area contributed by atoms with Gasteiger partial charge in [-0.3, -0.25) is 0 Å². The molecule has 1 saturated heterocycles. The minimum absolute atomic E-state index is 0.773. The third-order valence-corrected chi connectivity index (χ3v) is 3.45. The van der Waals surface area contributed by atoms with Crippen molar-refractivity contribution in [2.24, 2.45) is 0 Å². The molecule has 4 nitrogen and oxygen atoms in total. The number of hydrogen-bond acceptors (Lipinski definition) is 4. The molecule has 1 aliphatic heterocycles. The number of ether oxygens (including phenoxy) is 1. The van der Waals surface area contributed by atoms with E-state index in [1.54, 1.807) is 7.11 Å². The first-order valence-corrected chi connectivity index (χ1v) is 6.69. The normalized spacial score (nSPS) is 16.5. The van der Waals surface area contributed by atoms with E-state index in [2.05, 4.69) is 10.2 Å². The topological polar surface area (TPSA) is 50.5 Å². The molecule has 1 heterocycles. The first-order chi connectivity index (χ1) is 8.79. The van der Waals surface area contributed by atoms with E-state index >= 15 is 0 Å². The Morgan fingerprint density at radius 3 is 2.78 bits per heavy atom. The highest BCUT2D eigenvalue weighted by atomic mass is 16.5. The van der Waals surface area contributed by atoms with Gasteiger partial charge in [0, 0.05) is 19.2 Å². The third kappa shape index (κ3) is 3.53. The molecule has 0 bridgehead atoms. The van der Waals surface area contributed by atoms with Crippen molar-refractivity contribution in [3.8, 4) is 5.75 Å². The van der Waals surface area contributed by atoms with E-state index in [1.807, 2.05) is 18.2 Å². The Labute approximate surface area is 109 Å². The minimum atomic E-state index is 0.773. The van der Waals surface area contributed by atoms with Gasteiger partial charge in [-0.15, -0.1) is 0 Å². The Bertz CT molecular complexity index is 375. The van der Waals surface area contributed by atoms with Gasteiger partial charge in [0.05, 0.1) is 18.5 Å². The summed E-state index contributed by atoms with van der Waals surface area (Å²) in [5.74, 6) is 0.838. The maximum absolute atomic E-state index is 5.93. The molecule has 1 fully saturated rings. The van der Waals surface area contributed by atoms with E-state index in [-0.39, 0.29) is 0 Å². The number of hydrogen-bond donors (Lipinski definition) is 2. The Morgan fingerprint density at radius 1 is 1.28 bits per heavy atom. The Morgan fingerprint density at radius 2 is 2.06 bits per heavy atom. The molecule has 0 aromatic heterocycles. The van der Waals surface area contributed by atoms with Crippen molar-refractivity contribution in [3.05, 3.63) is 18.2 Å². The smallest absolute Gasteiger partial charge is 0.121 e. The van der Waals surface area contributed by atoms with E-state index in [9.17, 15) is 0 Å². The summed E-state index contributed by atoms with van der Waals surface area (Å²) in [4.78, 5) is 2.51. The molecular weight excluding hydrogens is 226 g/mol. The summed E-state index contributed by atoms with van der Waals surface area (Å²) in [6.07, 6.45) is 4.05. The van der Waals surface area contributed by atoms with Gasteiger partial charge in [0.15, 0.2) is 0 Å². The van der Waals surface area contributed by atoms with E-state index in [0.717, 1.165) is 30.2 Å². The van der Waals surface area contributed by atoms with Crippen LogP contribution in [-0.4, -0.2) is 38.2 Å². The molecule has 0 unspecified atom stereocenters. The highest BCUT2D eigenvalue weighted by Gasteiger charge is 2.09. The molecule has 100 valence electrons. The molecule has 1 aliphatic rings. The van der Waals surface area contributed by atoms with Crippen LogP contribution in [0.15, 0.2) is 18.2 Å². The molecule has 2 rings (SSSR count). The number of rotatable bonds is 5. The number of methoxy groups -OCH3 is 1. The second-order valence-electron chi connectivity index (χ2n) is 4.78. The number of likely N-dealkylation sites (tertiary alicyclic amines) is 1. The van der Waals surface area contributed by atoms with Crippen LogP contribution in [0.1, 0.15) is 19.3 Å². The van der Waals surface area contributed by atoms with Crippen molar-refractivity contribution in [1.29, 1.82) is 0 Å². The molecule has 0 spiro atoms. The summed E-state index contributed by atoms with van der Waals surface area (Å²) in [7, 11) is 1.67. The molecule has 0 amide bonds. The third-order valence-electron chi connectivity index (χ3n) is 3.45. The largest absolute Gasteiger partial charge is 0.497 e. The average Bonchev–Trinajstić information content (AvgIpc) is 2.42. The summed E-state index contributed by atoms with van der Waals surface area (Å²) >= 11 is 0. The van der Waals surface area contributed by atoms with Crippen molar-refractivity contribution in [2.75, 3.05) is 44.3 Å². The van der Waals surface area contributed by atoms with Gasteiger partial charge in [-0.1, -0.05) is 6.42 Å². The SMILES string of the molecule is COc1ccc(N)c(NCCN2CCCCC2)c1. The van der Waals surface area contributed by atoms with Crippen LogP contribution in [0.4, 0.5) is 11.4 Å². The van der Waals surface area contributed by atoms with Crippen molar-refractivity contribution < 1.29 is 4.74 Å². The second kappa shape index (κ2) is 6.50. The van der Waals surface area contributed by atoms with Crippen LogP contribution >= 0.6 is 0 Å². The van der Waals surface area contributed by atoms with Gasteiger partial charge in [-0.05, 0) is 38.1 Å². The fraction of sp³-hybridized carbons (Fsp3) is 0.571. The summed E-state index contributed by atoms with van der Waals surface area (Å²) in [5.41, 5.74) is 7.67. The molecule has 0 radical (unpaired) electrons. The lowest BCUT2D eigenvalue weighted by atomic mass is 10.1. The number of nitrogens with two attached hydrogens (primary N) is 1. The van der Waals surface area contributed by atoms with Crippen LogP contribution < -0.4 is 15.8 Å². The predicted octanol–water partition coefficient (Wildman–Crippen LogP) is 2.18. The van der Waals surface area contributed by atoms with E-state index < -0.39 is 0 Å². The predicted molar refractivity (Wildman–Crippen MR) is 76.2 cm³/mol. The van der Waals surface area contributed by atoms with Gasteiger partial charge < -0.3 is 20.7 Å². The lowest BCUT2D eigenvalue weighted by molar-refractivity contribution is 0.237. The van der Waals surface area contributed by atoms with Gasteiger partial charge in [-0.2, -0.15) is 0 Å². The van der Waals surface area contributed by atoms with Gasteiger partial charge in [0.1, 0.15) is 5.75 Å². The average molecular weight is 249 g/mol. The molecule has 0 atom stereocenters. The highest BCUT2D eigenvalue weighted by Crippen LogP contribution is 2.24. The second-order valence-corrected chi connectivity index (χ2v) is 4.78. The molecule has 0 aliphatic carbocycles. The lowest BCUT2D eigenvalue weighted by Gasteiger charge is -2.26. The first kappa shape index (κ1) is 13.0. The number of piperidine rings is 1. The van der Waals surface area contributed by atoms with Crippen LogP contribution in [0.3, 0.4) is 0 Å². The molecule has 1 aromatic rings. The summed E-state index contributed by atoms with van der Waals surface area (Å²) in [5, 5.41) is 3.39. The quantitative estimate of drug-likeness (QED) is 0.785. The maximum atomic E-state index is 5.93. The van der Waals surface area contributed by atoms with Crippen molar-refractivity contribution in [1.82, 2.24) is 4.90 Å². The van der Waals surface area contributed by atoms with Gasteiger partial charge in [0.25, 0.3) is 0 Å². The number of nitrogens with zero attached hydrogens (tertiary/aromatic N) is 1. The number of benzene rings is 1. The van der Waals surface area contributed by atoms with Crippen molar-refractivity contribution in [3.63, 3.8) is 0 Å². The first-order valence-electron chi connectivity index (χ1n) is 6.69. The van der Waals surface area contributed by atoms with Crippen molar-refractivity contribution >= 4 is 11.4 Å². The van der Waals surface area contributed by atoms with Gasteiger partial charge in [0.2, 0.25) is 0 Å². The monoisotopic (exact) mass is 249 g/mol. The minimum Gasteiger partial charge on any atom is -0.497 e. The zero-order valence-electron chi connectivity index (χ0n) is 11.1. The van der Waals surface area contributed by atoms with Crippen LogP contribution in [0.5, 0.6) is 5.75 Å². The fourth-order valence-corrected chi connectivity index (χ4v) is 2.35. The Hall–Kier alpha value is -1.42. The van der Waals surface area contributed by atoms with Crippen LogP contribution in [0.2, 0.25) is 0 Å². The molecule has 4 heteroatoms. The van der Waals surface area contributed by atoms with E-state index in [0.29, 0.717) is 0 Å². The van der Waals surface area contributed by atoms with E-state index in [1.165, 1.54) is 32.4 Å². The Kier molecular flexibility index (Phi) is 4.70. The lowest BCUT2D eigenvalue weighted by Crippen LogP contribution is -2.33. The Balaban J connectivity index is 1.81. The van der Waals surface area contributed by atoms with Crippen LogP contribution in [0, 0.1) is 0 Å². The van der Waals surface area contributed by atoms with Crippen molar-refractivity contribution in [2.45, 2.75) is 19.3 Å². The summed E-state index contributed by atoms with van der Waals surface area (Å²) < 4.78 is 5.20. The van der Waals surface area contributed by atoms with Crippen LogP contribution in [-0.2, 0) is 0 Å². The molecule has 3 N–H and O–H groups in total. The van der Waals surface area contributed by atoms with E-state index in [4.69, 9.17) is 10.5 Å². The molecular formula is C14H23N3O. The molecule has 0 saturated carbocycles. The standard InChI is InChI=1S/C14H23N3O/c1-18-12-5-6-13(15)14(11-12)16-7-10-17-8-3-2-4-9-17/h5-6,11,16H,2-4,7-10,15H2,1H3. The summed E-state index contributed by atoms with van der Waals surface area (Å²) in [6.45, 7) is 4.47. The van der Waals surface area contributed by atoms with Gasteiger partial charge in [-0.25, -0.2) is 0 Å². The number of anilines is 2.